The predicted molar refractivity (Wildman–Crippen MR) is 80.2 cm³/mol. The van der Waals surface area contributed by atoms with Gasteiger partial charge in [0.2, 0.25) is 11.8 Å². The van der Waals surface area contributed by atoms with Crippen LogP contribution < -0.4 is 5.32 Å². The maximum atomic E-state index is 12.5. The maximum Gasteiger partial charge on any atom is 0.243 e. The second-order valence-corrected chi connectivity index (χ2v) is 7.95. The van der Waals surface area contributed by atoms with Crippen LogP contribution in [0, 0.1) is 11.8 Å². The van der Waals surface area contributed by atoms with Crippen molar-refractivity contribution in [3.8, 4) is 0 Å². The minimum atomic E-state index is -0.238. The lowest BCUT2D eigenvalue weighted by Crippen LogP contribution is -2.51. The van der Waals surface area contributed by atoms with E-state index in [2.05, 4.69) is 19.2 Å². The molecule has 1 heterocycles. The van der Waals surface area contributed by atoms with E-state index in [9.17, 15) is 9.59 Å². The van der Waals surface area contributed by atoms with Crippen LogP contribution in [0.15, 0.2) is 0 Å². The molecule has 3 fully saturated rings. The van der Waals surface area contributed by atoms with Crippen molar-refractivity contribution >= 4 is 23.6 Å². The Balaban J connectivity index is 1.70. The predicted octanol–water partition coefficient (Wildman–Crippen LogP) is 1.99. The minimum absolute atomic E-state index is 0.0697. The summed E-state index contributed by atoms with van der Waals surface area (Å²) in [7, 11) is 0. The summed E-state index contributed by atoms with van der Waals surface area (Å²) in [6.07, 6.45) is 5.18. The molecule has 3 rings (SSSR count). The standard InChI is InChI=1S/C15H24N2O2S/c1-9(2)7-13-17(15(19)10-3-4-10)12(8-20-13)14(18)16-11-5-6-11/h9-13H,3-8H2,1-2H3,(H,16,18). The fourth-order valence-electron chi connectivity index (χ4n) is 2.71. The molecule has 0 spiro atoms. The number of nitrogens with zero attached hydrogens (tertiary/aromatic N) is 1. The largest absolute Gasteiger partial charge is 0.352 e. The minimum Gasteiger partial charge on any atom is -0.352 e. The third-order valence-electron chi connectivity index (χ3n) is 4.17. The summed E-state index contributed by atoms with van der Waals surface area (Å²) < 4.78 is 0. The Morgan fingerprint density at radius 3 is 2.50 bits per heavy atom. The van der Waals surface area contributed by atoms with Gasteiger partial charge in [0.25, 0.3) is 0 Å². The van der Waals surface area contributed by atoms with E-state index in [-0.39, 0.29) is 29.1 Å². The highest BCUT2D eigenvalue weighted by molar-refractivity contribution is 8.00. The molecule has 20 heavy (non-hydrogen) atoms. The van der Waals surface area contributed by atoms with E-state index in [0.29, 0.717) is 12.0 Å². The molecule has 0 radical (unpaired) electrons. The lowest BCUT2D eigenvalue weighted by molar-refractivity contribution is -0.141. The van der Waals surface area contributed by atoms with E-state index in [0.717, 1.165) is 37.9 Å². The van der Waals surface area contributed by atoms with Gasteiger partial charge in [0.1, 0.15) is 6.04 Å². The molecule has 0 bridgehead atoms. The van der Waals surface area contributed by atoms with Gasteiger partial charge in [-0.05, 0) is 38.0 Å². The van der Waals surface area contributed by atoms with Crippen molar-refractivity contribution in [3.05, 3.63) is 0 Å². The first-order chi connectivity index (χ1) is 9.56. The van der Waals surface area contributed by atoms with E-state index in [1.165, 1.54) is 0 Å². The second-order valence-electron chi connectivity index (χ2n) is 6.74. The number of thioether (sulfide) groups is 1. The van der Waals surface area contributed by atoms with Crippen LogP contribution >= 0.6 is 11.8 Å². The third-order valence-corrected chi connectivity index (χ3v) is 5.49. The van der Waals surface area contributed by atoms with Gasteiger partial charge in [-0.15, -0.1) is 11.8 Å². The highest BCUT2D eigenvalue weighted by Crippen LogP contribution is 2.39. The summed E-state index contributed by atoms with van der Waals surface area (Å²) >= 11 is 1.78. The maximum absolute atomic E-state index is 12.5. The Morgan fingerprint density at radius 2 is 1.95 bits per heavy atom. The Morgan fingerprint density at radius 1 is 1.25 bits per heavy atom. The molecule has 1 aliphatic heterocycles. The monoisotopic (exact) mass is 296 g/mol. The first kappa shape index (κ1) is 14.2. The highest BCUT2D eigenvalue weighted by atomic mass is 32.2. The Bertz CT molecular complexity index is 405. The molecule has 5 heteroatoms. The summed E-state index contributed by atoms with van der Waals surface area (Å²) in [5.41, 5.74) is 0. The van der Waals surface area contributed by atoms with E-state index in [1.54, 1.807) is 11.8 Å². The number of rotatable bonds is 5. The third kappa shape index (κ3) is 3.13. The molecule has 2 unspecified atom stereocenters. The zero-order valence-electron chi connectivity index (χ0n) is 12.3. The second kappa shape index (κ2) is 5.58. The van der Waals surface area contributed by atoms with Crippen molar-refractivity contribution in [1.82, 2.24) is 10.2 Å². The molecular weight excluding hydrogens is 272 g/mol. The van der Waals surface area contributed by atoms with Gasteiger partial charge in [-0.3, -0.25) is 9.59 Å². The topological polar surface area (TPSA) is 49.4 Å². The normalized spacial score (nSPS) is 29.9. The van der Waals surface area contributed by atoms with Gasteiger partial charge in [0.05, 0.1) is 5.37 Å². The SMILES string of the molecule is CC(C)CC1SCC(C(=O)NC2CC2)N1C(=O)C1CC1. The molecule has 2 saturated carbocycles. The van der Waals surface area contributed by atoms with Crippen LogP contribution in [0.5, 0.6) is 0 Å². The average molecular weight is 296 g/mol. The molecule has 2 atom stereocenters. The van der Waals surface area contributed by atoms with Crippen molar-refractivity contribution in [3.63, 3.8) is 0 Å². The van der Waals surface area contributed by atoms with E-state index >= 15 is 0 Å². The number of nitrogens with one attached hydrogen (secondary N) is 1. The van der Waals surface area contributed by atoms with Crippen molar-refractivity contribution in [1.29, 1.82) is 0 Å². The number of hydrogen-bond acceptors (Lipinski definition) is 3. The van der Waals surface area contributed by atoms with Gasteiger partial charge in [-0.25, -0.2) is 0 Å². The highest BCUT2D eigenvalue weighted by Gasteiger charge is 2.46. The number of carbonyl (C=O) groups is 2. The van der Waals surface area contributed by atoms with Crippen molar-refractivity contribution < 1.29 is 9.59 Å². The van der Waals surface area contributed by atoms with Crippen LogP contribution in [0.25, 0.3) is 0 Å². The lowest BCUT2D eigenvalue weighted by atomic mass is 10.1. The Labute approximate surface area is 125 Å². The molecule has 0 aromatic rings. The number of amides is 2. The first-order valence-corrected chi connectivity index (χ1v) is 8.85. The van der Waals surface area contributed by atoms with Gasteiger partial charge in [0.15, 0.2) is 0 Å². The van der Waals surface area contributed by atoms with E-state index in [4.69, 9.17) is 0 Å². The summed E-state index contributed by atoms with van der Waals surface area (Å²) in [5.74, 6) is 1.79. The van der Waals surface area contributed by atoms with Gasteiger partial charge >= 0.3 is 0 Å². The summed E-state index contributed by atoms with van der Waals surface area (Å²) in [6.45, 7) is 4.36. The van der Waals surface area contributed by atoms with Gasteiger partial charge in [-0.1, -0.05) is 13.8 Å². The summed E-state index contributed by atoms with van der Waals surface area (Å²) in [4.78, 5) is 26.8. The van der Waals surface area contributed by atoms with Crippen LogP contribution in [0.1, 0.15) is 46.0 Å². The van der Waals surface area contributed by atoms with E-state index < -0.39 is 0 Å². The molecule has 0 aromatic carbocycles. The van der Waals surface area contributed by atoms with E-state index in [1.807, 2.05) is 4.90 Å². The molecular formula is C15H24N2O2S. The average Bonchev–Trinajstić information content (AvgIpc) is 3.27. The fourth-order valence-corrected chi connectivity index (χ4v) is 4.36. The van der Waals surface area contributed by atoms with Crippen LogP contribution in [-0.2, 0) is 9.59 Å². The Kier molecular flexibility index (Phi) is 3.98. The molecule has 112 valence electrons. The molecule has 4 nitrogen and oxygen atoms in total. The van der Waals surface area contributed by atoms with Crippen LogP contribution in [0.4, 0.5) is 0 Å². The molecule has 3 aliphatic rings. The molecule has 1 N–H and O–H groups in total. The van der Waals surface area contributed by atoms with Crippen molar-refractivity contribution in [2.75, 3.05) is 5.75 Å². The zero-order chi connectivity index (χ0) is 14.3. The lowest BCUT2D eigenvalue weighted by Gasteiger charge is -2.30. The van der Waals surface area contributed by atoms with Crippen LogP contribution in [-0.4, -0.2) is 39.9 Å². The molecule has 1 saturated heterocycles. The quantitative estimate of drug-likeness (QED) is 0.844. The van der Waals surface area contributed by atoms with Gasteiger partial charge in [0, 0.05) is 17.7 Å². The summed E-state index contributed by atoms with van der Waals surface area (Å²) in [6, 6.07) is 0.131. The van der Waals surface area contributed by atoms with Gasteiger partial charge in [-0.2, -0.15) is 0 Å². The summed E-state index contributed by atoms with van der Waals surface area (Å²) in [5, 5.41) is 3.26. The van der Waals surface area contributed by atoms with Crippen molar-refractivity contribution in [2.45, 2.75) is 63.4 Å². The van der Waals surface area contributed by atoms with Crippen molar-refractivity contribution in [2.24, 2.45) is 11.8 Å². The van der Waals surface area contributed by atoms with Gasteiger partial charge < -0.3 is 10.2 Å². The molecule has 2 amide bonds. The Hall–Kier alpha value is -0.710. The smallest absolute Gasteiger partial charge is 0.243 e. The number of carbonyl (C=O) groups excluding carboxylic acids is 2. The number of hydrogen-bond donors (Lipinski definition) is 1. The first-order valence-electron chi connectivity index (χ1n) is 7.80. The fraction of sp³-hybridized carbons (Fsp3) is 0.867. The molecule has 0 aromatic heterocycles. The zero-order valence-corrected chi connectivity index (χ0v) is 13.1. The van der Waals surface area contributed by atoms with Crippen LogP contribution in [0.3, 0.4) is 0 Å². The van der Waals surface area contributed by atoms with Crippen LogP contribution in [0.2, 0.25) is 0 Å². The molecule has 2 aliphatic carbocycles.